The van der Waals surface area contributed by atoms with Gasteiger partial charge in [-0.25, -0.2) is 0 Å². The van der Waals surface area contributed by atoms with E-state index in [1.54, 1.807) is 11.3 Å². The number of nitrogens with one attached hydrogen (secondary N) is 1. The summed E-state index contributed by atoms with van der Waals surface area (Å²) in [6, 6.07) is 6.06. The second-order valence-corrected chi connectivity index (χ2v) is 4.23. The Balaban J connectivity index is 2.87. The quantitative estimate of drug-likeness (QED) is 0.688. The highest BCUT2D eigenvalue weighted by atomic mass is 32.1. The van der Waals surface area contributed by atoms with Gasteiger partial charge in [-0.3, -0.25) is 0 Å². The molecule has 0 spiro atoms. The molecule has 4 heteroatoms. The van der Waals surface area contributed by atoms with E-state index in [-0.39, 0.29) is 0 Å². The summed E-state index contributed by atoms with van der Waals surface area (Å²) in [5.41, 5.74) is 7.79. The van der Waals surface area contributed by atoms with Crippen molar-refractivity contribution in [1.82, 2.24) is 4.98 Å². The van der Waals surface area contributed by atoms with E-state index in [1.165, 1.54) is 4.70 Å². The van der Waals surface area contributed by atoms with Crippen molar-refractivity contribution >= 4 is 33.8 Å². The van der Waals surface area contributed by atoms with Gasteiger partial charge in [0.1, 0.15) is 0 Å². The van der Waals surface area contributed by atoms with Crippen LogP contribution >= 0.6 is 23.6 Å². The molecular weight excluding hydrogens is 188 g/mol. The van der Waals surface area contributed by atoms with Gasteiger partial charge in [0.25, 0.3) is 0 Å². The van der Waals surface area contributed by atoms with Crippen molar-refractivity contribution in [3.05, 3.63) is 27.7 Å². The second kappa shape index (κ2) is 2.97. The van der Waals surface area contributed by atoms with Crippen molar-refractivity contribution in [2.75, 3.05) is 0 Å². The average molecular weight is 196 g/mol. The molecule has 0 aliphatic heterocycles. The molecule has 0 saturated heterocycles. The number of H-pyrrole nitrogens is 1. The highest BCUT2D eigenvalue weighted by molar-refractivity contribution is 7.73. The van der Waals surface area contributed by atoms with Crippen LogP contribution in [0.2, 0.25) is 0 Å². The van der Waals surface area contributed by atoms with E-state index in [1.807, 2.05) is 18.2 Å². The molecule has 2 aromatic rings. The van der Waals surface area contributed by atoms with Crippen molar-refractivity contribution in [3.63, 3.8) is 0 Å². The molecule has 0 bridgehead atoms. The number of aromatic amines is 1. The molecule has 0 fully saturated rings. The fraction of sp³-hybridized carbons (Fsp3) is 0.125. The summed E-state index contributed by atoms with van der Waals surface area (Å²) >= 11 is 6.63. The van der Waals surface area contributed by atoms with Crippen molar-refractivity contribution in [3.8, 4) is 0 Å². The third kappa shape index (κ3) is 1.18. The van der Waals surface area contributed by atoms with Crippen LogP contribution in [0, 0.1) is 3.95 Å². The molecule has 1 heterocycles. The molecule has 2 rings (SSSR count). The van der Waals surface area contributed by atoms with Crippen molar-refractivity contribution in [2.24, 2.45) is 5.73 Å². The molecule has 0 atom stereocenters. The predicted octanol–water partition coefficient (Wildman–Crippen LogP) is 2.42. The lowest BCUT2D eigenvalue weighted by molar-refractivity contribution is 1.08. The van der Waals surface area contributed by atoms with Crippen LogP contribution in [0.1, 0.15) is 5.56 Å². The van der Waals surface area contributed by atoms with Gasteiger partial charge in [-0.05, 0) is 23.8 Å². The van der Waals surface area contributed by atoms with Gasteiger partial charge in [-0.1, -0.05) is 12.1 Å². The summed E-state index contributed by atoms with van der Waals surface area (Å²) in [5.74, 6) is 0. The predicted molar refractivity (Wildman–Crippen MR) is 54.9 cm³/mol. The molecule has 0 aliphatic rings. The first kappa shape index (κ1) is 7.91. The van der Waals surface area contributed by atoms with Crippen molar-refractivity contribution < 1.29 is 0 Å². The van der Waals surface area contributed by atoms with Crippen LogP contribution < -0.4 is 5.73 Å². The zero-order valence-corrected chi connectivity index (χ0v) is 7.97. The van der Waals surface area contributed by atoms with Crippen LogP contribution in [-0.4, -0.2) is 4.98 Å². The van der Waals surface area contributed by atoms with Gasteiger partial charge in [-0.2, -0.15) is 0 Å². The number of para-hydroxylation sites is 1. The van der Waals surface area contributed by atoms with Gasteiger partial charge in [0.2, 0.25) is 0 Å². The van der Waals surface area contributed by atoms with Crippen molar-refractivity contribution in [2.45, 2.75) is 6.54 Å². The maximum absolute atomic E-state index is 5.58. The van der Waals surface area contributed by atoms with Crippen LogP contribution in [0.4, 0.5) is 0 Å². The molecule has 0 aliphatic carbocycles. The first-order valence-electron chi connectivity index (χ1n) is 3.62. The number of hydrogen-bond acceptors (Lipinski definition) is 3. The normalized spacial score (nSPS) is 10.8. The Bertz CT molecular complexity index is 455. The van der Waals surface area contributed by atoms with Gasteiger partial charge >= 0.3 is 0 Å². The standard InChI is InChI=1S/C8H8N2S2/c9-4-5-2-1-3-6-7(5)10-8(11)12-6/h1-3H,4,9H2,(H,10,11). The number of aromatic nitrogens is 1. The van der Waals surface area contributed by atoms with Gasteiger partial charge < -0.3 is 10.7 Å². The van der Waals surface area contributed by atoms with Crippen LogP contribution in [0.5, 0.6) is 0 Å². The Morgan fingerprint density at radius 3 is 3.08 bits per heavy atom. The summed E-state index contributed by atoms with van der Waals surface area (Å²) < 4.78 is 1.99. The van der Waals surface area contributed by atoms with Crippen LogP contribution in [0.25, 0.3) is 10.2 Å². The van der Waals surface area contributed by atoms with E-state index in [2.05, 4.69) is 4.98 Å². The Morgan fingerprint density at radius 2 is 2.33 bits per heavy atom. The van der Waals surface area contributed by atoms with Gasteiger partial charge in [0.05, 0.1) is 10.2 Å². The highest BCUT2D eigenvalue weighted by Crippen LogP contribution is 2.21. The van der Waals surface area contributed by atoms with Gasteiger partial charge in [0.15, 0.2) is 3.95 Å². The number of thiazole rings is 1. The van der Waals surface area contributed by atoms with Gasteiger partial charge in [-0.15, -0.1) is 11.3 Å². The lowest BCUT2D eigenvalue weighted by Crippen LogP contribution is -1.96. The summed E-state index contributed by atoms with van der Waals surface area (Å²) in [4.78, 5) is 3.13. The molecule has 1 aromatic heterocycles. The average Bonchev–Trinajstić information content (AvgIpc) is 2.44. The molecular formula is C8H8N2S2. The molecule has 0 radical (unpaired) electrons. The minimum Gasteiger partial charge on any atom is -0.337 e. The Kier molecular flexibility index (Phi) is 1.96. The third-order valence-corrected chi connectivity index (χ3v) is 2.96. The largest absolute Gasteiger partial charge is 0.337 e. The molecule has 12 heavy (non-hydrogen) atoms. The van der Waals surface area contributed by atoms with E-state index in [9.17, 15) is 0 Å². The maximum Gasteiger partial charge on any atom is 0.159 e. The summed E-state index contributed by atoms with van der Waals surface area (Å²) in [6.07, 6.45) is 0. The third-order valence-electron chi connectivity index (χ3n) is 1.76. The SMILES string of the molecule is NCc1cccc2sc(=S)[nH]c12. The smallest absolute Gasteiger partial charge is 0.159 e. The second-order valence-electron chi connectivity index (χ2n) is 2.51. The molecule has 0 unspecified atom stereocenters. The topological polar surface area (TPSA) is 41.8 Å². The molecule has 1 aromatic carbocycles. The molecule has 0 saturated carbocycles. The van der Waals surface area contributed by atoms with E-state index in [0.717, 1.165) is 15.0 Å². The van der Waals surface area contributed by atoms with Crippen LogP contribution in [-0.2, 0) is 6.54 Å². The molecule has 0 amide bonds. The zero-order valence-electron chi connectivity index (χ0n) is 6.33. The Morgan fingerprint density at radius 1 is 1.50 bits per heavy atom. The fourth-order valence-corrected chi connectivity index (χ4v) is 2.36. The van der Waals surface area contributed by atoms with Crippen LogP contribution in [0.3, 0.4) is 0 Å². The van der Waals surface area contributed by atoms with Crippen molar-refractivity contribution in [1.29, 1.82) is 0 Å². The number of nitrogens with two attached hydrogens (primary N) is 1. The minimum atomic E-state index is 0.555. The maximum atomic E-state index is 5.58. The van der Waals surface area contributed by atoms with E-state index in [4.69, 9.17) is 18.0 Å². The summed E-state index contributed by atoms with van der Waals surface area (Å²) in [6.45, 7) is 0.555. The number of fused-ring (bicyclic) bond motifs is 1. The molecule has 3 N–H and O–H groups in total. The molecule has 62 valence electrons. The summed E-state index contributed by atoms with van der Waals surface area (Å²) in [7, 11) is 0. The number of benzene rings is 1. The first-order valence-corrected chi connectivity index (χ1v) is 4.84. The van der Waals surface area contributed by atoms with Gasteiger partial charge in [0, 0.05) is 6.54 Å². The monoisotopic (exact) mass is 196 g/mol. The van der Waals surface area contributed by atoms with E-state index >= 15 is 0 Å². The zero-order chi connectivity index (χ0) is 8.55. The van der Waals surface area contributed by atoms with E-state index < -0.39 is 0 Å². The number of rotatable bonds is 1. The lowest BCUT2D eigenvalue weighted by Gasteiger charge is -1.96. The van der Waals surface area contributed by atoms with Crippen LogP contribution in [0.15, 0.2) is 18.2 Å². The number of hydrogen-bond donors (Lipinski definition) is 2. The first-order chi connectivity index (χ1) is 5.81. The molecule has 2 nitrogen and oxygen atoms in total. The van der Waals surface area contributed by atoms with E-state index in [0.29, 0.717) is 6.54 Å². The minimum absolute atomic E-state index is 0.555. The highest BCUT2D eigenvalue weighted by Gasteiger charge is 2.00. The Hall–Kier alpha value is -0.710. The summed E-state index contributed by atoms with van der Waals surface area (Å²) in [5, 5.41) is 0. The fourth-order valence-electron chi connectivity index (χ4n) is 1.20. The lowest BCUT2D eigenvalue weighted by atomic mass is 10.2. The Labute approximate surface area is 79.0 Å².